The summed E-state index contributed by atoms with van der Waals surface area (Å²) in [6, 6.07) is 20.0. The first-order valence-corrected chi connectivity index (χ1v) is 10.1. The molecule has 0 heterocycles. The van der Waals surface area contributed by atoms with Gasteiger partial charge in [0.2, 0.25) is 0 Å². The van der Waals surface area contributed by atoms with Crippen LogP contribution in [0.1, 0.15) is 21.5 Å². The third kappa shape index (κ3) is 5.16. The monoisotopic (exact) mass is 459 g/mol. The van der Waals surface area contributed by atoms with Crippen molar-refractivity contribution in [1.82, 2.24) is 5.43 Å². The van der Waals surface area contributed by atoms with Crippen molar-refractivity contribution < 1.29 is 24.0 Å². The number of fused-ring (bicyclic) bond motifs is 1. The van der Waals surface area contributed by atoms with E-state index >= 15 is 0 Å². The number of amides is 1. The average Bonchev–Trinajstić information content (AvgIpc) is 2.82. The highest BCUT2D eigenvalue weighted by atomic mass is 19.1. The summed E-state index contributed by atoms with van der Waals surface area (Å²) in [4.78, 5) is 23.1. The predicted octanol–water partition coefficient (Wildman–Crippen LogP) is 4.94. The molecule has 0 aliphatic carbocycles. The van der Waals surface area contributed by atoms with Crippen molar-refractivity contribution in [3.63, 3.8) is 0 Å². The second kappa shape index (κ2) is 9.78. The summed E-state index contributed by atoms with van der Waals surface area (Å²) in [7, 11) is 0. The number of nitro benzene ring substituents is 1. The van der Waals surface area contributed by atoms with Crippen LogP contribution in [0.4, 0.5) is 10.1 Å². The van der Waals surface area contributed by atoms with Crippen LogP contribution in [0.3, 0.4) is 0 Å². The van der Waals surface area contributed by atoms with E-state index in [9.17, 15) is 24.4 Å². The number of rotatable bonds is 7. The zero-order valence-corrected chi connectivity index (χ0v) is 17.6. The van der Waals surface area contributed by atoms with Crippen LogP contribution in [0, 0.1) is 15.9 Å². The summed E-state index contributed by atoms with van der Waals surface area (Å²) in [6.07, 6.45) is 1.20. The lowest BCUT2D eigenvalue weighted by Gasteiger charge is -2.09. The van der Waals surface area contributed by atoms with E-state index in [0.29, 0.717) is 5.56 Å². The highest BCUT2D eigenvalue weighted by Gasteiger charge is 2.13. The SMILES string of the molecule is O=C(N/N=C/c1cc([N+](=O)[O-])ccc1OCc1cccc(F)c1)c1cc2ccccc2cc1O. The molecule has 2 N–H and O–H groups in total. The molecule has 0 aromatic heterocycles. The number of nitrogens with zero attached hydrogens (tertiary/aromatic N) is 2. The first kappa shape index (κ1) is 22.4. The molecule has 0 aliphatic rings. The number of phenols is 1. The Morgan fingerprint density at radius 3 is 2.56 bits per heavy atom. The Morgan fingerprint density at radius 2 is 1.82 bits per heavy atom. The van der Waals surface area contributed by atoms with Gasteiger partial charge in [-0.15, -0.1) is 0 Å². The molecule has 1 amide bonds. The lowest BCUT2D eigenvalue weighted by molar-refractivity contribution is -0.384. The first-order valence-electron chi connectivity index (χ1n) is 10.1. The van der Waals surface area contributed by atoms with Crippen molar-refractivity contribution in [2.75, 3.05) is 0 Å². The van der Waals surface area contributed by atoms with Gasteiger partial charge in [0.1, 0.15) is 23.9 Å². The highest BCUT2D eigenvalue weighted by molar-refractivity contribution is 6.01. The van der Waals surface area contributed by atoms with Crippen LogP contribution in [0.2, 0.25) is 0 Å². The fourth-order valence-corrected chi connectivity index (χ4v) is 3.30. The Morgan fingerprint density at radius 1 is 1.06 bits per heavy atom. The van der Waals surface area contributed by atoms with Gasteiger partial charge in [0.25, 0.3) is 11.6 Å². The van der Waals surface area contributed by atoms with Gasteiger partial charge in [0.15, 0.2) is 0 Å². The van der Waals surface area contributed by atoms with Crippen molar-refractivity contribution in [2.45, 2.75) is 6.61 Å². The van der Waals surface area contributed by atoms with Crippen LogP contribution in [0.15, 0.2) is 84.0 Å². The molecular weight excluding hydrogens is 441 g/mol. The van der Waals surface area contributed by atoms with Crippen molar-refractivity contribution in [2.24, 2.45) is 5.10 Å². The summed E-state index contributed by atoms with van der Waals surface area (Å²) in [5.41, 5.74) is 2.94. The number of phenolic OH excluding ortho intramolecular Hbond substituents is 1. The molecule has 0 saturated carbocycles. The smallest absolute Gasteiger partial charge is 0.275 e. The van der Waals surface area contributed by atoms with Gasteiger partial charge in [-0.3, -0.25) is 14.9 Å². The molecule has 4 aromatic rings. The van der Waals surface area contributed by atoms with Gasteiger partial charge in [-0.2, -0.15) is 5.10 Å². The zero-order valence-electron chi connectivity index (χ0n) is 17.6. The zero-order chi connectivity index (χ0) is 24.1. The number of aromatic hydroxyl groups is 1. The van der Waals surface area contributed by atoms with E-state index in [0.717, 1.165) is 10.8 Å². The topological polar surface area (TPSA) is 114 Å². The van der Waals surface area contributed by atoms with Crippen LogP contribution in [0.25, 0.3) is 10.8 Å². The molecule has 4 rings (SSSR count). The van der Waals surface area contributed by atoms with Gasteiger partial charge in [-0.25, -0.2) is 9.82 Å². The van der Waals surface area contributed by atoms with Gasteiger partial charge < -0.3 is 9.84 Å². The average molecular weight is 459 g/mol. The maximum Gasteiger partial charge on any atom is 0.275 e. The molecular formula is C25H18FN3O5. The minimum atomic E-state index is -0.660. The molecule has 0 atom stereocenters. The van der Waals surface area contributed by atoms with E-state index in [1.54, 1.807) is 18.2 Å². The number of ether oxygens (including phenoxy) is 1. The molecule has 0 spiro atoms. The molecule has 170 valence electrons. The van der Waals surface area contributed by atoms with Crippen molar-refractivity contribution in [3.8, 4) is 11.5 Å². The van der Waals surface area contributed by atoms with E-state index in [2.05, 4.69) is 10.5 Å². The van der Waals surface area contributed by atoms with E-state index in [4.69, 9.17) is 4.74 Å². The number of hydrogen-bond acceptors (Lipinski definition) is 6. The van der Waals surface area contributed by atoms with Crippen LogP contribution in [-0.2, 0) is 6.61 Å². The maximum atomic E-state index is 13.4. The summed E-state index contributed by atoms with van der Waals surface area (Å²) in [5, 5.41) is 26.8. The summed E-state index contributed by atoms with van der Waals surface area (Å²) >= 11 is 0. The van der Waals surface area contributed by atoms with Gasteiger partial charge in [0.05, 0.1) is 16.7 Å². The Kier molecular flexibility index (Phi) is 6.45. The first-order chi connectivity index (χ1) is 16.4. The number of benzene rings is 4. The maximum absolute atomic E-state index is 13.4. The molecule has 8 nitrogen and oxygen atoms in total. The standard InChI is InChI=1S/C25H18FN3O5/c26-20-7-3-4-16(10-20)15-34-24-9-8-21(29(32)33)11-19(24)14-27-28-25(31)22-12-17-5-1-2-6-18(17)13-23(22)30/h1-14,30H,15H2,(H,28,31)/b27-14+. The van der Waals surface area contributed by atoms with E-state index < -0.39 is 16.6 Å². The quantitative estimate of drug-likeness (QED) is 0.231. The Labute approximate surface area is 193 Å². The van der Waals surface area contributed by atoms with Gasteiger partial charge in [0, 0.05) is 17.7 Å². The van der Waals surface area contributed by atoms with Gasteiger partial charge in [-0.05, 0) is 46.7 Å². The third-order valence-electron chi connectivity index (χ3n) is 4.97. The number of nitrogens with one attached hydrogen (secondary N) is 1. The molecule has 0 radical (unpaired) electrons. The second-order valence-corrected chi connectivity index (χ2v) is 7.31. The van der Waals surface area contributed by atoms with Crippen molar-refractivity contribution in [1.29, 1.82) is 0 Å². The largest absolute Gasteiger partial charge is 0.507 e. The minimum absolute atomic E-state index is 0.0216. The second-order valence-electron chi connectivity index (χ2n) is 7.31. The number of carbonyl (C=O) groups is 1. The molecule has 0 bridgehead atoms. The number of hydrogen-bond donors (Lipinski definition) is 2. The Balaban J connectivity index is 1.54. The van der Waals surface area contributed by atoms with Crippen LogP contribution < -0.4 is 10.2 Å². The Bertz CT molecular complexity index is 1420. The van der Waals surface area contributed by atoms with Crippen LogP contribution >= 0.6 is 0 Å². The highest BCUT2D eigenvalue weighted by Crippen LogP contribution is 2.26. The molecule has 34 heavy (non-hydrogen) atoms. The summed E-state index contributed by atoms with van der Waals surface area (Å²) < 4.78 is 19.1. The van der Waals surface area contributed by atoms with Crippen molar-refractivity contribution in [3.05, 3.63) is 111 Å². The molecule has 4 aromatic carbocycles. The minimum Gasteiger partial charge on any atom is -0.507 e. The third-order valence-corrected chi connectivity index (χ3v) is 4.97. The fraction of sp³-hybridized carbons (Fsp3) is 0.0400. The number of carbonyl (C=O) groups excluding carboxylic acids is 1. The van der Waals surface area contributed by atoms with E-state index in [1.807, 2.05) is 18.2 Å². The predicted molar refractivity (Wildman–Crippen MR) is 125 cm³/mol. The lowest BCUT2D eigenvalue weighted by atomic mass is 10.1. The van der Waals surface area contributed by atoms with Crippen molar-refractivity contribution >= 4 is 28.6 Å². The summed E-state index contributed by atoms with van der Waals surface area (Å²) in [6.45, 7) is 0.0216. The molecule has 0 aliphatic heterocycles. The normalized spacial score (nSPS) is 11.0. The number of hydrazone groups is 1. The lowest BCUT2D eigenvalue weighted by Crippen LogP contribution is -2.17. The van der Waals surface area contributed by atoms with E-state index in [-0.39, 0.29) is 34.9 Å². The fourth-order valence-electron chi connectivity index (χ4n) is 3.30. The van der Waals surface area contributed by atoms with Crippen LogP contribution in [0.5, 0.6) is 11.5 Å². The van der Waals surface area contributed by atoms with Gasteiger partial charge >= 0.3 is 0 Å². The Hall–Kier alpha value is -4.79. The van der Waals surface area contributed by atoms with Gasteiger partial charge in [-0.1, -0.05) is 36.4 Å². The molecule has 0 unspecified atom stereocenters. The number of nitro groups is 1. The molecule has 9 heteroatoms. The molecule has 0 saturated heterocycles. The summed E-state index contributed by atoms with van der Waals surface area (Å²) in [5.74, 6) is -1.03. The molecule has 0 fully saturated rings. The number of non-ortho nitro benzene ring substituents is 1. The van der Waals surface area contributed by atoms with Crippen LogP contribution in [-0.4, -0.2) is 22.2 Å². The number of halogens is 1. The van der Waals surface area contributed by atoms with E-state index in [1.165, 1.54) is 48.7 Å².